The van der Waals surface area contributed by atoms with E-state index < -0.39 is 11.9 Å². The standard InChI is InChI=1S/C45H47N3O6/c1-2-38(30-6-4-3-5-7-30)42(31-8-12-34(49)13-9-31)32-10-14-35(15-11-32)53-25-24-47-22-20-45(21-23-47)27-37(28-45)54-36-16-17-39-33(26-36)29-48(44(39)52)40-18-19-41(50)46-43(40)51/h3-17,26,37,40,49H,2,18-25,27-29H2,1H3,(H,46,50,51). The lowest BCUT2D eigenvalue weighted by atomic mass is 9.61. The molecule has 3 heterocycles. The quantitative estimate of drug-likeness (QED) is 0.124. The zero-order valence-corrected chi connectivity index (χ0v) is 30.8. The van der Waals surface area contributed by atoms with Crippen molar-refractivity contribution in [3.63, 3.8) is 0 Å². The predicted octanol–water partition coefficient (Wildman–Crippen LogP) is 7.22. The van der Waals surface area contributed by atoms with Crippen LogP contribution in [-0.2, 0) is 16.1 Å². The number of amides is 3. The number of aromatic hydroxyl groups is 1. The van der Waals surface area contributed by atoms with Gasteiger partial charge in [0.15, 0.2) is 0 Å². The number of phenols is 1. The highest BCUT2D eigenvalue weighted by atomic mass is 16.5. The van der Waals surface area contributed by atoms with Gasteiger partial charge in [-0.05, 0) is 133 Å². The van der Waals surface area contributed by atoms with Crippen LogP contribution in [0.25, 0.3) is 11.1 Å². The summed E-state index contributed by atoms with van der Waals surface area (Å²) in [7, 11) is 0. The smallest absolute Gasteiger partial charge is 0.255 e. The molecule has 4 aromatic rings. The summed E-state index contributed by atoms with van der Waals surface area (Å²) in [6, 6.07) is 31.3. The van der Waals surface area contributed by atoms with Crippen molar-refractivity contribution in [2.75, 3.05) is 26.2 Å². The van der Waals surface area contributed by atoms with Crippen molar-refractivity contribution >= 4 is 28.9 Å². The number of imide groups is 1. The molecule has 0 aromatic heterocycles. The number of fused-ring (bicyclic) bond motifs is 1. The molecule has 2 N–H and O–H groups in total. The molecule has 9 heteroatoms. The summed E-state index contributed by atoms with van der Waals surface area (Å²) in [5, 5.41) is 12.3. The zero-order chi connectivity index (χ0) is 37.2. The average Bonchev–Trinajstić information content (AvgIpc) is 3.49. The van der Waals surface area contributed by atoms with E-state index in [4.69, 9.17) is 9.47 Å². The molecule has 1 saturated carbocycles. The minimum Gasteiger partial charge on any atom is -0.508 e. The van der Waals surface area contributed by atoms with Crippen LogP contribution in [0.1, 0.15) is 84.5 Å². The van der Waals surface area contributed by atoms with E-state index in [1.54, 1.807) is 17.0 Å². The number of hydrogen-bond acceptors (Lipinski definition) is 7. The Labute approximate surface area is 316 Å². The second kappa shape index (κ2) is 15.1. The van der Waals surface area contributed by atoms with Crippen LogP contribution in [0.5, 0.6) is 17.2 Å². The summed E-state index contributed by atoms with van der Waals surface area (Å²) in [6.45, 7) is 6.14. The Morgan fingerprint density at radius 1 is 0.852 bits per heavy atom. The van der Waals surface area contributed by atoms with Crippen molar-refractivity contribution in [3.05, 3.63) is 125 Å². The number of likely N-dealkylation sites (tertiary alicyclic amines) is 1. The van der Waals surface area contributed by atoms with Gasteiger partial charge in [0.05, 0.1) is 6.10 Å². The monoisotopic (exact) mass is 725 g/mol. The summed E-state index contributed by atoms with van der Waals surface area (Å²) in [6.07, 6.45) is 6.00. The molecule has 1 unspecified atom stereocenters. The Morgan fingerprint density at radius 3 is 2.22 bits per heavy atom. The molecule has 1 atom stereocenters. The maximum Gasteiger partial charge on any atom is 0.255 e. The molecular formula is C45H47N3O6. The number of hydrogen-bond donors (Lipinski definition) is 2. The largest absolute Gasteiger partial charge is 0.508 e. The molecule has 54 heavy (non-hydrogen) atoms. The van der Waals surface area contributed by atoms with Crippen molar-refractivity contribution in [1.29, 1.82) is 0 Å². The first-order chi connectivity index (χ1) is 26.3. The van der Waals surface area contributed by atoms with Gasteiger partial charge in [-0.15, -0.1) is 0 Å². The first-order valence-corrected chi connectivity index (χ1v) is 19.3. The Kier molecular flexibility index (Phi) is 9.99. The third-order valence-electron chi connectivity index (χ3n) is 11.8. The van der Waals surface area contributed by atoms with Gasteiger partial charge in [0.1, 0.15) is 29.9 Å². The number of phenolic OH excluding ortho intramolecular Hbond substituents is 1. The van der Waals surface area contributed by atoms with Crippen LogP contribution in [0.2, 0.25) is 0 Å². The van der Waals surface area contributed by atoms with Gasteiger partial charge in [-0.3, -0.25) is 24.6 Å². The van der Waals surface area contributed by atoms with Gasteiger partial charge in [0.25, 0.3) is 5.91 Å². The van der Waals surface area contributed by atoms with E-state index in [1.807, 2.05) is 36.4 Å². The number of carbonyl (C=O) groups excluding carboxylic acids is 3. The summed E-state index contributed by atoms with van der Waals surface area (Å²) >= 11 is 0. The summed E-state index contributed by atoms with van der Waals surface area (Å²) in [5.74, 6) is 1.03. The van der Waals surface area contributed by atoms with Crippen molar-refractivity contribution in [1.82, 2.24) is 15.1 Å². The number of carbonyl (C=O) groups is 3. The van der Waals surface area contributed by atoms with Gasteiger partial charge in [-0.1, -0.05) is 61.5 Å². The van der Waals surface area contributed by atoms with E-state index >= 15 is 0 Å². The van der Waals surface area contributed by atoms with Crippen molar-refractivity contribution in [2.24, 2.45) is 5.41 Å². The van der Waals surface area contributed by atoms with Gasteiger partial charge < -0.3 is 19.5 Å². The number of ether oxygens (including phenoxy) is 2. The fourth-order valence-electron chi connectivity index (χ4n) is 8.78. The summed E-state index contributed by atoms with van der Waals surface area (Å²) < 4.78 is 12.6. The number of allylic oxidation sites excluding steroid dienone is 1. The van der Waals surface area contributed by atoms with Gasteiger partial charge in [-0.25, -0.2) is 0 Å². The predicted molar refractivity (Wildman–Crippen MR) is 207 cm³/mol. The zero-order valence-electron chi connectivity index (χ0n) is 30.8. The van der Waals surface area contributed by atoms with Gasteiger partial charge in [-0.2, -0.15) is 0 Å². The minimum atomic E-state index is -0.614. The lowest BCUT2D eigenvalue weighted by Crippen LogP contribution is -2.52. The highest BCUT2D eigenvalue weighted by Gasteiger charge is 2.47. The number of rotatable bonds is 11. The minimum absolute atomic E-state index is 0.162. The first kappa shape index (κ1) is 35.6. The van der Waals surface area contributed by atoms with E-state index in [1.165, 1.54) is 11.1 Å². The van der Waals surface area contributed by atoms with E-state index in [0.717, 1.165) is 85.5 Å². The molecule has 278 valence electrons. The van der Waals surface area contributed by atoms with E-state index in [9.17, 15) is 19.5 Å². The van der Waals surface area contributed by atoms with Gasteiger partial charge >= 0.3 is 0 Å². The van der Waals surface area contributed by atoms with Crippen LogP contribution in [0, 0.1) is 5.41 Å². The van der Waals surface area contributed by atoms with Gasteiger partial charge in [0, 0.05) is 25.1 Å². The normalized spacial score (nSPS) is 20.3. The Hall–Kier alpha value is -5.41. The third-order valence-corrected chi connectivity index (χ3v) is 11.8. The average molecular weight is 726 g/mol. The van der Waals surface area contributed by atoms with Crippen LogP contribution in [0.15, 0.2) is 97.1 Å². The molecule has 0 radical (unpaired) electrons. The number of benzene rings is 4. The lowest BCUT2D eigenvalue weighted by Gasteiger charge is -2.51. The molecular weight excluding hydrogens is 679 g/mol. The number of nitrogens with one attached hydrogen (secondary N) is 1. The van der Waals surface area contributed by atoms with Crippen LogP contribution in [0.4, 0.5) is 0 Å². The first-order valence-electron chi connectivity index (χ1n) is 19.3. The molecule has 3 amide bonds. The van der Waals surface area contributed by atoms with E-state index in [-0.39, 0.29) is 30.1 Å². The Balaban J connectivity index is 0.808. The SMILES string of the molecule is CCC(=C(c1ccc(O)cc1)c1ccc(OCCN2CCC3(CC2)CC(Oc2ccc4c(c2)CN(C2CCC(=O)NC2=O)C4=O)C3)cc1)c1ccccc1. The van der Waals surface area contributed by atoms with Crippen molar-refractivity contribution < 1.29 is 29.0 Å². The molecule has 4 aromatic carbocycles. The molecule has 2 saturated heterocycles. The van der Waals surface area contributed by atoms with E-state index in [0.29, 0.717) is 30.6 Å². The summed E-state index contributed by atoms with van der Waals surface area (Å²) in [5.41, 5.74) is 7.57. The second-order valence-electron chi connectivity index (χ2n) is 15.2. The van der Waals surface area contributed by atoms with Gasteiger partial charge in [0.2, 0.25) is 11.8 Å². The molecule has 4 aliphatic rings. The fourth-order valence-corrected chi connectivity index (χ4v) is 8.78. The highest BCUT2D eigenvalue weighted by molar-refractivity contribution is 6.05. The van der Waals surface area contributed by atoms with Crippen molar-refractivity contribution in [3.8, 4) is 17.2 Å². The van der Waals surface area contributed by atoms with Crippen LogP contribution >= 0.6 is 0 Å². The molecule has 9 nitrogen and oxygen atoms in total. The second-order valence-corrected chi connectivity index (χ2v) is 15.2. The number of piperidine rings is 2. The highest BCUT2D eigenvalue weighted by Crippen LogP contribution is 2.50. The Morgan fingerprint density at radius 2 is 1.54 bits per heavy atom. The maximum atomic E-state index is 13.1. The molecule has 3 aliphatic heterocycles. The Bertz CT molecular complexity index is 2040. The fraction of sp³-hybridized carbons (Fsp3) is 0.356. The van der Waals surface area contributed by atoms with Crippen LogP contribution in [-0.4, -0.2) is 71.0 Å². The summed E-state index contributed by atoms with van der Waals surface area (Å²) in [4.78, 5) is 41.1. The maximum absolute atomic E-state index is 13.1. The third kappa shape index (κ3) is 7.37. The molecule has 0 bridgehead atoms. The molecule has 1 spiro atoms. The van der Waals surface area contributed by atoms with Crippen molar-refractivity contribution in [2.45, 2.75) is 70.6 Å². The van der Waals surface area contributed by atoms with E-state index in [2.05, 4.69) is 65.7 Å². The number of nitrogens with zero attached hydrogens (tertiary/aromatic N) is 2. The lowest BCUT2D eigenvalue weighted by molar-refractivity contribution is -0.136. The van der Waals surface area contributed by atoms with Crippen LogP contribution in [0.3, 0.4) is 0 Å². The molecule has 8 rings (SSSR count). The topological polar surface area (TPSA) is 108 Å². The molecule has 3 fully saturated rings. The molecule has 1 aliphatic carbocycles. The van der Waals surface area contributed by atoms with Crippen LogP contribution < -0.4 is 14.8 Å².